The minimum Gasteiger partial charge on any atom is -0.312 e. The monoisotopic (exact) mass is 222 g/mol. The maximum Gasteiger partial charge on any atom is 0.137 e. The van der Waals surface area contributed by atoms with Crippen molar-refractivity contribution < 1.29 is 0 Å². The lowest BCUT2D eigenvalue weighted by Crippen LogP contribution is -2.45. The summed E-state index contributed by atoms with van der Waals surface area (Å²) in [5.41, 5.74) is 0. The van der Waals surface area contributed by atoms with Gasteiger partial charge in [0.2, 0.25) is 0 Å². The van der Waals surface area contributed by atoms with Gasteiger partial charge < -0.3 is 5.32 Å². The van der Waals surface area contributed by atoms with Gasteiger partial charge in [0.1, 0.15) is 12.7 Å². The highest BCUT2D eigenvalue weighted by Gasteiger charge is 2.35. The fourth-order valence-electron chi connectivity index (χ4n) is 3.12. The Morgan fingerprint density at radius 3 is 2.81 bits per heavy atom. The molecule has 90 valence electrons. The van der Waals surface area contributed by atoms with Crippen LogP contribution in [0.15, 0.2) is 12.7 Å². The normalized spacial score (nSPS) is 35.2. The fourth-order valence-corrected chi connectivity index (χ4v) is 3.12. The summed E-state index contributed by atoms with van der Waals surface area (Å²) in [6.45, 7) is 7.86. The minimum absolute atomic E-state index is 0.457. The van der Waals surface area contributed by atoms with Crippen molar-refractivity contribution in [2.75, 3.05) is 6.54 Å². The van der Waals surface area contributed by atoms with Crippen LogP contribution in [0.1, 0.15) is 39.7 Å². The second-order valence-electron chi connectivity index (χ2n) is 5.08. The highest BCUT2D eigenvalue weighted by atomic mass is 15.3. The summed E-state index contributed by atoms with van der Waals surface area (Å²) in [6.07, 6.45) is 6.00. The van der Waals surface area contributed by atoms with Gasteiger partial charge in [0.05, 0.1) is 6.04 Å². The summed E-state index contributed by atoms with van der Waals surface area (Å²) >= 11 is 0. The Morgan fingerprint density at radius 1 is 1.38 bits per heavy atom. The van der Waals surface area contributed by atoms with E-state index in [1.165, 1.54) is 12.8 Å². The zero-order valence-corrected chi connectivity index (χ0v) is 10.4. The quantitative estimate of drug-likeness (QED) is 0.849. The summed E-state index contributed by atoms with van der Waals surface area (Å²) in [5, 5.41) is 7.91. The van der Waals surface area contributed by atoms with E-state index in [4.69, 9.17) is 0 Å². The third kappa shape index (κ3) is 2.26. The molecule has 0 amide bonds. The average Bonchev–Trinajstić information content (AvgIpc) is 2.70. The van der Waals surface area contributed by atoms with Crippen LogP contribution in [0.25, 0.3) is 0 Å². The molecular formula is C12H22N4. The van der Waals surface area contributed by atoms with Gasteiger partial charge in [0, 0.05) is 6.04 Å². The number of hydrogen-bond acceptors (Lipinski definition) is 3. The number of likely N-dealkylation sites (N-methyl/N-ethyl adjacent to an activating group) is 1. The van der Waals surface area contributed by atoms with E-state index in [1.54, 1.807) is 6.33 Å². The van der Waals surface area contributed by atoms with Crippen LogP contribution < -0.4 is 5.32 Å². The minimum atomic E-state index is 0.457. The van der Waals surface area contributed by atoms with Crippen molar-refractivity contribution in [2.45, 2.75) is 45.7 Å². The Kier molecular flexibility index (Phi) is 3.59. The van der Waals surface area contributed by atoms with Gasteiger partial charge in [-0.05, 0) is 31.2 Å². The summed E-state index contributed by atoms with van der Waals surface area (Å²) in [7, 11) is 0. The van der Waals surface area contributed by atoms with Crippen molar-refractivity contribution in [1.82, 2.24) is 20.1 Å². The van der Waals surface area contributed by atoms with Gasteiger partial charge in [-0.2, -0.15) is 5.10 Å². The molecule has 0 bridgehead atoms. The van der Waals surface area contributed by atoms with E-state index in [2.05, 4.69) is 36.2 Å². The van der Waals surface area contributed by atoms with Crippen LogP contribution in [0.2, 0.25) is 0 Å². The Bertz CT molecular complexity index is 309. The molecule has 0 aromatic carbocycles. The lowest BCUT2D eigenvalue weighted by atomic mass is 9.76. The number of aromatic nitrogens is 3. The molecule has 0 spiro atoms. The van der Waals surface area contributed by atoms with Gasteiger partial charge in [-0.1, -0.05) is 20.8 Å². The van der Waals surface area contributed by atoms with E-state index >= 15 is 0 Å². The molecule has 4 unspecified atom stereocenters. The van der Waals surface area contributed by atoms with Crippen molar-refractivity contribution in [2.24, 2.45) is 11.8 Å². The first-order valence-electron chi connectivity index (χ1n) is 6.29. The zero-order chi connectivity index (χ0) is 11.5. The van der Waals surface area contributed by atoms with Crippen molar-refractivity contribution >= 4 is 0 Å². The number of nitrogens with one attached hydrogen (secondary N) is 1. The van der Waals surface area contributed by atoms with Crippen molar-refractivity contribution in [3.63, 3.8) is 0 Å². The zero-order valence-electron chi connectivity index (χ0n) is 10.4. The van der Waals surface area contributed by atoms with E-state index in [-0.39, 0.29) is 0 Å². The molecule has 1 aromatic heterocycles. The Balaban J connectivity index is 2.17. The predicted octanol–water partition coefficient (Wildman–Crippen LogP) is 1.86. The molecule has 0 radical (unpaired) electrons. The SMILES string of the molecule is CCNC1CC(C)CC(C)C1n1cncn1. The third-order valence-corrected chi connectivity index (χ3v) is 3.63. The first kappa shape index (κ1) is 11.6. The van der Waals surface area contributed by atoms with Crippen LogP contribution in [-0.4, -0.2) is 27.4 Å². The fraction of sp³-hybridized carbons (Fsp3) is 0.833. The van der Waals surface area contributed by atoms with Crippen molar-refractivity contribution in [3.8, 4) is 0 Å². The van der Waals surface area contributed by atoms with Crippen LogP contribution in [-0.2, 0) is 0 Å². The van der Waals surface area contributed by atoms with Crippen LogP contribution in [0.5, 0.6) is 0 Å². The number of hydrogen-bond donors (Lipinski definition) is 1. The van der Waals surface area contributed by atoms with Crippen LogP contribution in [0.3, 0.4) is 0 Å². The molecular weight excluding hydrogens is 200 g/mol. The molecule has 1 heterocycles. The van der Waals surface area contributed by atoms with Gasteiger partial charge >= 0.3 is 0 Å². The smallest absolute Gasteiger partial charge is 0.137 e. The number of nitrogens with zero attached hydrogens (tertiary/aromatic N) is 3. The molecule has 0 saturated heterocycles. The highest BCUT2D eigenvalue weighted by molar-refractivity contribution is 4.90. The second kappa shape index (κ2) is 4.95. The van der Waals surface area contributed by atoms with Gasteiger partial charge in [0.15, 0.2) is 0 Å². The lowest BCUT2D eigenvalue weighted by molar-refractivity contribution is 0.144. The summed E-state index contributed by atoms with van der Waals surface area (Å²) in [6, 6.07) is 0.990. The molecule has 4 atom stereocenters. The molecule has 1 aliphatic carbocycles. The molecule has 4 nitrogen and oxygen atoms in total. The van der Waals surface area contributed by atoms with E-state index < -0.39 is 0 Å². The van der Waals surface area contributed by atoms with E-state index in [0.717, 1.165) is 12.5 Å². The maximum atomic E-state index is 4.31. The van der Waals surface area contributed by atoms with E-state index in [1.807, 2.05) is 11.0 Å². The summed E-state index contributed by atoms with van der Waals surface area (Å²) in [4.78, 5) is 4.07. The first-order valence-corrected chi connectivity index (χ1v) is 6.29. The first-order chi connectivity index (χ1) is 7.72. The third-order valence-electron chi connectivity index (χ3n) is 3.63. The van der Waals surface area contributed by atoms with Crippen LogP contribution in [0.4, 0.5) is 0 Å². The molecule has 1 aliphatic rings. The van der Waals surface area contributed by atoms with Gasteiger partial charge in [-0.3, -0.25) is 0 Å². The molecule has 1 N–H and O–H groups in total. The lowest BCUT2D eigenvalue weighted by Gasteiger charge is -2.39. The van der Waals surface area contributed by atoms with E-state index in [0.29, 0.717) is 18.0 Å². The number of rotatable bonds is 3. The molecule has 2 rings (SSSR count). The second-order valence-corrected chi connectivity index (χ2v) is 5.08. The molecule has 1 saturated carbocycles. The average molecular weight is 222 g/mol. The summed E-state index contributed by atoms with van der Waals surface area (Å²) in [5.74, 6) is 1.47. The van der Waals surface area contributed by atoms with Gasteiger partial charge in [0.25, 0.3) is 0 Å². The maximum absolute atomic E-state index is 4.31. The Morgan fingerprint density at radius 2 is 2.19 bits per heavy atom. The van der Waals surface area contributed by atoms with E-state index in [9.17, 15) is 0 Å². The molecule has 1 fully saturated rings. The molecule has 1 aromatic rings. The van der Waals surface area contributed by atoms with Gasteiger partial charge in [-0.25, -0.2) is 9.67 Å². The standard InChI is InChI=1S/C12H22N4/c1-4-14-11-6-9(2)5-10(3)12(11)16-8-13-7-15-16/h7-12,14H,4-6H2,1-3H3. The topological polar surface area (TPSA) is 42.7 Å². The van der Waals surface area contributed by atoms with Crippen molar-refractivity contribution in [1.29, 1.82) is 0 Å². The highest BCUT2D eigenvalue weighted by Crippen LogP contribution is 2.36. The molecule has 4 heteroatoms. The predicted molar refractivity (Wildman–Crippen MR) is 64.1 cm³/mol. The summed E-state index contributed by atoms with van der Waals surface area (Å²) < 4.78 is 2.03. The molecule has 16 heavy (non-hydrogen) atoms. The Labute approximate surface area is 97.5 Å². The Hall–Kier alpha value is -0.900. The van der Waals surface area contributed by atoms with Crippen molar-refractivity contribution in [3.05, 3.63) is 12.7 Å². The van der Waals surface area contributed by atoms with Crippen LogP contribution in [0, 0.1) is 11.8 Å². The largest absolute Gasteiger partial charge is 0.312 e. The molecule has 0 aliphatic heterocycles. The van der Waals surface area contributed by atoms with Gasteiger partial charge in [-0.15, -0.1) is 0 Å². The van der Waals surface area contributed by atoms with Crippen LogP contribution >= 0.6 is 0 Å².